The van der Waals surface area contributed by atoms with Gasteiger partial charge in [0.2, 0.25) is 0 Å². The number of aliphatic hydroxyl groups excluding tert-OH is 1. The third-order valence-corrected chi connectivity index (χ3v) is 3.94. The Morgan fingerprint density at radius 3 is 2.63 bits per heavy atom. The molecule has 0 radical (unpaired) electrons. The molecule has 3 nitrogen and oxygen atoms in total. The summed E-state index contributed by atoms with van der Waals surface area (Å²) in [4.78, 5) is 2.30. The van der Waals surface area contributed by atoms with Gasteiger partial charge in [0.25, 0.3) is 0 Å². The Kier molecular flexibility index (Phi) is 5.08. The highest BCUT2D eigenvalue weighted by molar-refractivity contribution is 6.33. The van der Waals surface area contributed by atoms with Crippen LogP contribution in [0.15, 0.2) is 18.2 Å². The molecular formula is C15H22ClNO2. The fourth-order valence-corrected chi connectivity index (χ4v) is 2.85. The predicted octanol–water partition coefficient (Wildman–Crippen LogP) is 3.40. The summed E-state index contributed by atoms with van der Waals surface area (Å²) >= 11 is 6.32. The monoisotopic (exact) mass is 283 g/mol. The van der Waals surface area contributed by atoms with Gasteiger partial charge in [-0.15, -0.1) is 0 Å². The molecule has 1 aliphatic rings. The van der Waals surface area contributed by atoms with Crippen LogP contribution in [-0.2, 0) is 4.74 Å². The van der Waals surface area contributed by atoms with E-state index < -0.39 is 6.10 Å². The molecule has 1 atom stereocenters. The maximum Gasteiger partial charge on any atom is 0.0762 e. The van der Waals surface area contributed by atoms with Gasteiger partial charge in [0.05, 0.1) is 22.9 Å². The van der Waals surface area contributed by atoms with Gasteiger partial charge in [-0.25, -0.2) is 0 Å². The lowest BCUT2D eigenvalue weighted by Crippen LogP contribution is -2.37. The normalized spacial score (nSPS) is 18.6. The molecule has 1 aromatic rings. The van der Waals surface area contributed by atoms with Gasteiger partial charge in [0, 0.05) is 19.7 Å². The summed E-state index contributed by atoms with van der Waals surface area (Å²) in [7, 11) is 0. The van der Waals surface area contributed by atoms with Crippen molar-refractivity contribution in [2.75, 3.05) is 24.6 Å². The minimum atomic E-state index is -0.477. The average Bonchev–Trinajstić information content (AvgIpc) is 2.40. The van der Waals surface area contributed by atoms with Crippen LogP contribution in [0.5, 0.6) is 0 Å². The Balaban J connectivity index is 2.03. The topological polar surface area (TPSA) is 32.7 Å². The Morgan fingerprint density at radius 1 is 1.42 bits per heavy atom. The zero-order chi connectivity index (χ0) is 13.8. The third kappa shape index (κ3) is 3.62. The summed E-state index contributed by atoms with van der Waals surface area (Å²) in [5.41, 5.74) is 1.92. The molecule has 0 spiro atoms. The molecule has 1 N–H and O–H groups in total. The van der Waals surface area contributed by atoms with Crippen molar-refractivity contribution in [1.82, 2.24) is 0 Å². The number of hydrogen-bond donors (Lipinski definition) is 1. The van der Waals surface area contributed by atoms with Gasteiger partial charge in [-0.3, -0.25) is 0 Å². The average molecular weight is 284 g/mol. The Bertz CT molecular complexity index is 415. The second kappa shape index (κ2) is 6.60. The fourth-order valence-electron chi connectivity index (χ4n) is 2.54. The zero-order valence-corrected chi connectivity index (χ0v) is 12.4. The molecule has 19 heavy (non-hydrogen) atoms. The first-order chi connectivity index (χ1) is 9.11. The van der Waals surface area contributed by atoms with Gasteiger partial charge >= 0.3 is 0 Å². The van der Waals surface area contributed by atoms with Crippen LogP contribution in [0, 0.1) is 0 Å². The SMILES string of the molecule is CCOC1CCN(c2ccc([C@H](C)O)cc2Cl)CC1. The molecule has 1 fully saturated rings. The summed E-state index contributed by atoms with van der Waals surface area (Å²) in [6.45, 7) is 6.52. The van der Waals surface area contributed by atoms with E-state index in [1.165, 1.54) is 0 Å². The number of halogens is 1. The smallest absolute Gasteiger partial charge is 0.0762 e. The summed E-state index contributed by atoms with van der Waals surface area (Å²) in [6, 6.07) is 5.81. The van der Waals surface area contributed by atoms with Crippen molar-refractivity contribution >= 4 is 17.3 Å². The highest BCUT2D eigenvalue weighted by atomic mass is 35.5. The molecule has 1 heterocycles. The minimum absolute atomic E-state index is 0.386. The van der Waals surface area contributed by atoms with Crippen LogP contribution < -0.4 is 4.90 Å². The maximum atomic E-state index is 9.55. The van der Waals surface area contributed by atoms with Crippen molar-refractivity contribution in [3.05, 3.63) is 28.8 Å². The van der Waals surface area contributed by atoms with Crippen LogP contribution in [-0.4, -0.2) is 30.9 Å². The number of ether oxygens (including phenoxy) is 1. The van der Waals surface area contributed by atoms with Gasteiger partial charge in [0.15, 0.2) is 0 Å². The van der Waals surface area contributed by atoms with Gasteiger partial charge in [-0.1, -0.05) is 17.7 Å². The van der Waals surface area contributed by atoms with Crippen molar-refractivity contribution in [3.8, 4) is 0 Å². The molecule has 0 bridgehead atoms. The highest BCUT2D eigenvalue weighted by Crippen LogP contribution is 2.31. The number of rotatable bonds is 4. The van der Waals surface area contributed by atoms with E-state index in [4.69, 9.17) is 16.3 Å². The van der Waals surface area contributed by atoms with Crippen LogP contribution in [0.4, 0.5) is 5.69 Å². The molecule has 0 amide bonds. The number of piperidine rings is 1. The Labute approximate surface area is 120 Å². The molecule has 4 heteroatoms. The van der Waals surface area contributed by atoms with Crippen molar-refractivity contribution in [3.63, 3.8) is 0 Å². The summed E-state index contributed by atoms with van der Waals surface area (Å²) in [5.74, 6) is 0. The number of aliphatic hydroxyl groups is 1. The van der Waals surface area contributed by atoms with E-state index in [9.17, 15) is 5.11 Å². The summed E-state index contributed by atoms with van der Waals surface area (Å²) < 4.78 is 5.66. The first-order valence-corrected chi connectivity index (χ1v) is 7.33. The molecule has 0 saturated carbocycles. The number of anilines is 1. The quantitative estimate of drug-likeness (QED) is 0.919. The largest absolute Gasteiger partial charge is 0.389 e. The van der Waals surface area contributed by atoms with Gasteiger partial charge in [-0.2, -0.15) is 0 Å². The molecule has 1 aromatic carbocycles. The van der Waals surface area contributed by atoms with E-state index in [0.29, 0.717) is 11.1 Å². The number of hydrogen-bond acceptors (Lipinski definition) is 3. The Hall–Kier alpha value is -0.770. The fraction of sp³-hybridized carbons (Fsp3) is 0.600. The van der Waals surface area contributed by atoms with E-state index in [1.54, 1.807) is 6.92 Å². The highest BCUT2D eigenvalue weighted by Gasteiger charge is 2.21. The first kappa shape index (κ1) is 14.6. The van der Waals surface area contributed by atoms with E-state index in [2.05, 4.69) is 4.90 Å². The summed E-state index contributed by atoms with van der Waals surface area (Å²) in [5, 5.41) is 10.3. The van der Waals surface area contributed by atoms with Crippen molar-refractivity contribution < 1.29 is 9.84 Å². The lowest BCUT2D eigenvalue weighted by atomic mass is 10.1. The molecule has 1 aliphatic heterocycles. The van der Waals surface area contributed by atoms with E-state index in [-0.39, 0.29) is 0 Å². The molecule has 1 saturated heterocycles. The van der Waals surface area contributed by atoms with Crippen LogP contribution >= 0.6 is 11.6 Å². The van der Waals surface area contributed by atoms with Crippen molar-refractivity contribution in [2.45, 2.75) is 38.9 Å². The zero-order valence-electron chi connectivity index (χ0n) is 11.6. The second-order valence-electron chi connectivity index (χ2n) is 5.03. The molecule has 0 aromatic heterocycles. The van der Waals surface area contributed by atoms with Crippen molar-refractivity contribution in [2.24, 2.45) is 0 Å². The lowest BCUT2D eigenvalue weighted by molar-refractivity contribution is 0.0459. The third-order valence-electron chi connectivity index (χ3n) is 3.64. The number of nitrogens with zero attached hydrogens (tertiary/aromatic N) is 1. The van der Waals surface area contributed by atoms with E-state index in [0.717, 1.165) is 43.8 Å². The minimum Gasteiger partial charge on any atom is -0.389 e. The van der Waals surface area contributed by atoms with Crippen LogP contribution in [0.3, 0.4) is 0 Å². The van der Waals surface area contributed by atoms with Crippen molar-refractivity contribution in [1.29, 1.82) is 0 Å². The van der Waals surface area contributed by atoms with Crippen LogP contribution in [0.2, 0.25) is 5.02 Å². The first-order valence-electron chi connectivity index (χ1n) is 6.96. The molecule has 0 aliphatic carbocycles. The molecule has 106 valence electrons. The predicted molar refractivity (Wildman–Crippen MR) is 78.9 cm³/mol. The molecular weight excluding hydrogens is 262 g/mol. The van der Waals surface area contributed by atoms with Gasteiger partial charge < -0.3 is 14.7 Å². The van der Waals surface area contributed by atoms with Gasteiger partial charge in [-0.05, 0) is 44.4 Å². The Morgan fingerprint density at radius 2 is 2.11 bits per heavy atom. The number of benzene rings is 1. The van der Waals surface area contributed by atoms with Gasteiger partial charge in [0.1, 0.15) is 0 Å². The van der Waals surface area contributed by atoms with Crippen LogP contribution in [0.25, 0.3) is 0 Å². The maximum absolute atomic E-state index is 9.55. The lowest BCUT2D eigenvalue weighted by Gasteiger charge is -2.34. The summed E-state index contributed by atoms with van der Waals surface area (Å²) in [6.07, 6.45) is 2.00. The van der Waals surface area contributed by atoms with Crippen LogP contribution in [0.1, 0.15) is 38.4 Å². The molecule has 0 unspecified atom stereocenters. The standard InChI is InChI=1S/C15H22ClNO2/c1-3-19-13-6-8-17(9-7-13)15-5-4-12(11(2)18)10-14(15)16/h4-5,10-11,13,18H,3,6-9H2,1-2H3/t11-/m0/s1. The second-order valence-corrected chi connectivity index (χ2v) is 5.44. The van der Waals surface area contributed by atoms with E-state index >= 15 is 0 Å². The molecule has 2 rings (SSSR count). The van der Waals surface area contributed by atoms with E-state index in [1.807, 2.05) is 25.1 Å².